The molecule has 0 saturated carbocycles. The molecule has 1 aromatic carbocycles. The number of nitrogens with one attached hydrogen (secondary N) is 1. The number of benzene rings is 1. The highest BCUT2D eigenvalue weighted by atomic mass is 35.5. The number of carbonyl (C=O) groups is 4. The van der Waals surface area contributed by atoms with Crippen molar-refractivity contribution in [3.8, 4) is 16.2 Å². The van der Waals surface area contributed by atoms with Crippen molar-refractivity contribution in [2.75, 3.05) is 11.9 Å². The Morgan fingerprint density at radius 2 is 1.69 bits per heavy atom. The van der Waals surface area contributed by atoms with E-state index in [1.54, 1.807) is 0 Å². The second-order valence-electron chi connectivity index (χ2n) is 4.73. The zero-order valence-corrected chi connectivity index (χ0v) is 14.3. The topological polar surface area (TPSA) is 150 Å². The maximum atomic E-state index is 11.3. The number of hydrogen-bond acceptors (Lipinski definition) is 6. The number of amides is 1. The van der Waals surface area contributed by atoms with Crippen LogP contribution in [0.2, 0.25) is 5.02 Å². The average Bonchev–Trinajstić information content (AvgIpc) is 2.90. The molecule has 2 rings (SSSR count). The van der Waals surface area contributed by atoms with Gasteiger partial charge < -0.3 is 25.4 Å². The van der Waals surface area contributed by atoms with E-state index >= 15 is 0 Å². The van der Waals surface area contributed by atoms with Crippen molar-refractivity contribution in [3.05, 3.63) is 34.2 Å². The molecular formula is C15H10ClNO8S. The molecule has 2 aromatic rings. The lowest BCUT2D eigenvalue weighted by Gasteiger charge is -2.05. The highest BCUT2D eigenvalue weighted by Gasteiger charge is 2.24. The molecule has 0 saturated heterocycles. The zero-order chi connectivity index (χ0) is 19.4. The van der Waals surface area contributed by atoms with Crippen LogP contribution >= 0.6 is 22.9 Å². The number of rotatable bonds is 6. The fraction of sp³-hybridized carbons (Fsp3) is 0.0667. The van der Waals surface area contributed by atoms with Crippen molar-refractivity contribution in [1.82, 2.24) is 0 Å². The van der Waals surface area contributed by atoms with Crippen LogP contribution in [0.4, 0.5) is 5.69 Å². The standard InChI is InChI=1S/C15H10ClNO8S/c16-9-10(25-5-8(18)19)12(14(21)22)26-11(9)6-1-3-7(4-2-6)17-13(20)15(23)24/h1-4H,5H2,(H,17,20)(H,18,19)(H,21,22)(H,23,24). The molecule has 9 nitrogen and oxygen atoms in total. The van der Waals surface area contributed by atoms with Gasteiger partial charge in [-0.1, -0.05) is 23.7 Å². The number of anilines is 1. The average molecular weight is 400 g/mol. The Hall–Kier alpha value is -3.11. The Morgan fingerprint density at radius 1 is 1.08 bits per heavy atom. The minimum atomic E-state index is -1.64. The molecule has 1 aromatic heterocycles. The lowest BCUT2D eigenvalue weighted by molar-refractivity contribution is -0.147. The van der Waals surface area contributed by atoms with Gasteiger partial charge >= 0.3 is 23.8 Å². The monoisotopic (exact) mass is 399 g/mol. The maximum Gasteiger partial charge on any atom is 0.394 e. The van der Waals surface area contributed by atoms with Crippen LogP contribution in [0.5, 0.6) is 5.75 Å². The van der Waals surface area contributed by atoms with Crippen molar-refractivity contribution in [2.45, 2.75) is 0 Å². The molecule has 26 heavy (non-hydrogen) atoms. The van der Waals surface area contributed by atoms with E-state index in [2.05, 4.69) is 5.32 Å². The van der Waals surface area contributed by atoms with Crippen LogP contribution in [-0.2, 0) is 14.4 Å². The lowest BCUT2D eigenvalue weighted by Crippen LogP contribution is -2.21. The summed E-state index contributed by atoms with van der Waals surface area (Å²) in [5.41, 5.74) is 0.690. The molecule has 0 unspecified atom stereocenters. The number of ether oxygens (including phenoxy) is 1. The quantitative estimate of drug-likeness (QED) is 0.540. The minimum Gasteiger partial charge on any atom is -0.479 e. The van der Waals surface area contributed by atoms with Crippen molar-refractivity contribution < 1.29 is 39.2 Å². The summed E-state index contributed by atoms with van der Waals surface area (Å²) < 4.78 is 4.97. The fourth-order valence-electron chi connectivity index (χ4n) is 1.87. The predicted molar refractivity (Wildman–Crippen MR) is 91.1 cm³/mol. The highest BCUT2D eigenvalue weighted by molar-refractivity contribution is 7.18. The second-order valence-corrected chi connectivity index (χ2v) is 6.13. The fourth-order valence-corrected chi connectivity index (χ4v) is 3.29. The number of aromatic carboxylic acids is 1. The van der Waals surface area contributed by atoms with Crippen LogP contribution in [0.3, 0.4) is 0 Å². The van der Waals surface area contributed by atoms with E-state index in [0.29, 0.717) is 10.4 Å². The van der Waals surface area contributed by atoms with Crippen molar-refractivity contribution in [1.29, 1.82) is 0 Å². The maximum absolute atomic E-state index is 11.3. The number of carbonyl (C=O) groups excluding carboxylic acids is 1. The van der Waals surface area contributed by atoms with E-state index in [1.807, 2.05) is 0 Å². The van der Waals surface area contributed by atoms with Crippen LogP contribution in [0.25, 0.3) is 10.4 Å². The number of halogens is 1. The summed E-state index contributed by atoms with van der Waals surface area (Å²) in [4.78, 5) is 43.6. The van der Waals surface area contributed by atoms with Gasteiger partial charge in [-0.15, -0.1) is 11.3 Å². The SMILES string of the molecule is O=C(O)COc1c(C(=O)O)sc(-c2ccc(NC(=O)C(=O)O)cc2)c1Cl. The Kier molecular flexibility index (Phi) is 5.80. The molecule has 136 valence electrons. The third-order valence-electron chi connectivity index (χ3n) is 2.94. The van der Waals surface area contributed by atoms with Crippen LogP contribution in [0.1, 0.15) is 9.67 Å². The van der Waals surface area contributed by atoms with Crippen molar-refractivity contribution >= 4 is 52.4 Å². The molecular weight excluding hydrogens is 390 g/mol. The summed E-state index contributed by atoms with van der Waals surface area (Å²) >= 11 is 6.93. The number of thiophene rings is 1. The van der Waals surface area contributed by atoms with Crippen LogP contribution in [0, 0.1) is 0 Å². The Labute approximate surface area is 154 Å². The molecule has 0 aliphatic rings. The molecule has 0 fully saturated rings. The minimum absolute atomic E-state index is 0.0593. The first kappa shape index (κ1) is 19.2. The molecule has 0 aliphatic carbocycles. The van der Waals surface area contributed by atoms with Gasteiger partial charge in [0.15, 0.2) is 17.2 Å². The molecule has 11 heteroatoms. The van der Waals surface area contributed by atoms with Gasteiger partial charge in [-0.2, -0.15) is 0 Å². The molecule has 0 aliphatic heterocycles. The number of aliphatic carboxylic acids is 2. The summed E-state index contributed by atoms with van der Waals surface area (Å²) in [6.07, 6.45) is 0. The highest BCUT2D eigenvalue weighted by Crippen LogP contribution is 2.45. The molecule has 0 atom stereocenters. The number of hydrogen-bond donors (Lipinski definition) is 4. The molecule has 1 heterocycles. The molecule has 0 bridgehead atoms. The number of carboxylic acids is 3. The van der Waals surface area contributed by atoms with Gasteiger partial charge in [-0.3, -0.25) is 4.79 Å². The number of carboxylic acid groups (broad SMARTS) is 3. The van der Waals surface area contributed by atoms with Gasteiger partial charge in [0, 0.05) is 5.69 Å². The first-order valence-electron chi connectivity index (χ1n) is 6.75. The largest absolute Gasteiger partial charge is 0.479 e. The molecule has 0 radical (unpaired) electrons. The van der Waals surface area contributed by atoms with E-state index in [4.69, 9.17) is 26.6 Å². The van der Waals surface area contributed by atoms with Crippen LogP contribution in [0.15, 0.2) is 24.3 Å². The van der Waals surface area contributed by atoms with E-state index in [1.165, 1.54) is 24.3 Å². The first-order valence-corrected chi connectivity index (χ1v) is 7.95. The van der Waals surface area contributed by atoms with Gasteiger partial charge in [-0.25, -0.2) is 14.4 Å². The lowest BCUT2D eigenvalue weighted by atomic mass is 10.1. The second kappa shape index (κ2) is 7.85. The van der Waals surface area contributed by atoms with Gasteiger partial charge in [0.2, 0.25) is 0 Å². The van der Waals surface area contributed by atoms with E-state index in [9.17, 15) is 24.3 Å². The molecule has 1 amide bonds. The van der Waals surface area contributed by atoms with Crippen molar-refractivity contribution in [3.63, 3.8) is 0 Å². The van der Waals surface area contributed by atoms with Crippen LogP contribution in [-0.4, -0.2) is 45.7 Å². The molecule has 0 spiro atoms. The third kappa shape index (κ3) is 4.29. The zero-order valence-electron chi connectivity index (χ0n) is 12.7. The van der Waals surface area contributed by atoms with Crippen LogP contribution < -0.4 is 10.1 Å². The first-order chi connectivity index (χ1) is 12.2. The van der Waals surface area contributed by atoms with Gasteiger partial charge in [0.1, 0.15) is 5.02 Å². The Morgan fingerprint density at radius 3 is 2.19 bits per heavy atom. The smallest absolute Gasteiger partial charge is 0.394 e. The van der Waals surface area contributed by atoms with Gasteiger partial charge in [-0.05, 0) is 17.7 Å². The van der Waals surface area contributed by atoms with E-state index < -0.39 is 30.4 Å². The van der Waals surface area contributed by atoms with E-state index in [0.717, 1.165) is 11.3 Å². The summed E-state index contributed by atoms with van der Waals surface area (Å²) in [6, 6.07) is 5.79. The Balaban J connectivity index is 2.34. The third-order valence-corrected chi connectivity index (χ3v) is 4.62. The van der Waals surface area contributed by atoms with Crippen molar-refractivity contribution in [2.24, 2.45) is 0 Å². The van der Waals surface area contributed by atoms with E-state index in [-0.39, 0.29) is 21.3 Å². The summed E-state index contributed by atoms with van der Waals surface area (Å²) in [6.45, 7) is -0.754. The summed E-state index contributed by atoms with van der Waals surface area (Å²) in [5, 5.41) is 28.5. The van der Waals surface area contributed by atoms with Gasteiger partial charge in [0.25, 0.3) is 0 Å². The van der Waals surface area contributed by atoms with Gasteiger partial charge in [0.05, 0.1) is 4.88 Å². The summed E-state index contributed by atoms with van der Waals surface area (Å²) in [5.74, 6) is -5.70. The normalized spacial score (nSPS) is 10.2. The summed E-state index contributed by atoms with van der Waals surface area (Å²) in [7, 11) is 0. The predicted octanol–water partition coefficient (Wildman–Crippen LogP) is 2.25. The molecule has 4 N–H and O–H groups in total. The Bertz CT molecular complexity index is 890.